The summed E-state index contributed by atoms with van der Waals surface area (Å²) in [4.78, 5) is 46.1. The van der Waals surface area contributed by atoms with Crippen LogP contribution in [0.2, 0.25) is 0 Å². The van der Waals surface area contributed by atoms with Gasteiger partial charge in [-0.2, -0.15) is 0 Å². The quantitative estimate of drug-likeness (QED) is 0.784. The Labute approximate surface area is 186 Å². The van der Waals surface area contributed by atoms with E-state index in [0.717, 1.165) is 45.2 Å². The first-order chi connectivity index (χ1) is 14.9. The maximum atomic E-state index is 13.1. The lowest BCUT2D eigenvalue weighted by molar-refractivity contribution is -0.132. The van der Waals surface area contributed by atoms with E-state index in [4.69, 9.17) is 0 Å². The maximum Gasteiger partial charge on any atom is 0.262 e. The summed E-state index contributed by atoms with van der Waals surface area (Å²) in [5, 5.41) is 3.65. The molecule has 1 aliphatic carbocycles. The van der Waals surface area contributed by atoms with Crippen LogP contribution >= 0.6 is 11.3 Å². The van der Waals surface area contributed by atoms with Crippen LogP contribution in [0.1, 0.15) is 67.6 Å². The molecule has 4 rings (SSSR count). The number of aryl methyl sites for hydroxylation is 1. The zero-order chi connectivity index (χ0) is 22.1. The van der Waals surface area contributed by atoms with Gasteiger partial charge in [0.05, 0.1) is 16.6 Å². The van der Waals surface area contributed by atoms with E-state index in [1.165, 1.54) is 28.7 Å². The van der Waals surface area contributed by atoms with Crippen molar-refractivity contribution in [1.82, 2.24) is 19.8 Å². The van der Waals surface area contributed by atoms with Crippen LogP contribution in [0.25, 0.3) is 10.2 Å². The number of likely N-dealkylation sites (tertiary alicyclic amines) is 1. The molecule has 3 unspecified atom stereocenters. The van der Waals surface area contributed by atoms with E-state index >= 15 is 0 Å². The van der Waals surface area contributed by atoms with E-state index in [1.54, 1.807) is 6.92 Å². The van der Waals surface area contributed by atoms with Gasteiger partial charge in [-0.1, -0.05) is 26.7 Å². The number of nitrogens with one attached hydrogen (secondary N) is 1. The van der Waals surface area contributed by atoms with Crippen LogP contribution < -0.4 is 10.9 Å². The average molecular weight is 445 g/mol. The maximum absolute atomic E-state index is 13.1. The van der Waals surface area contributed by atoms with Crippen molar-refractivity contribution in [3.05, 3.63) is 27.1 Å². The predicted octanol–water partition coefficient (Wildman–Crippen LogP) is 3.33. The van der Waals surface area contributed by atoms with Gasteiger partial charge in [-0.25, -0.2) is 4.98 Å². The summed E-state index contributed by atoms with van der Waals surface area (Å²) in [6.45, 7) is 7.75. The zero-order valence-corrected chi connectivity index (χ0v) is 19.5. The highest BCUT2D eigenvalue weighted by molar-refractivity contribution is 7.20. The monoisotopic (exact) mass is 444 g/mol. The molecule has 1 N–H and O–H groups in total. The number of aromatic nitrogens is 2. The number of carbonyl (C=O) groups is 2. The first-order valence-corrected chi connectivity index (χ1v) is 12.3. The molecule has 0 bridgehead atoms. The minimum Gasteiger partial charge on any atom is -0.348 e. The second-order valence-electron chi connectivity index (χ2n) is 9.20. The van der Waals surface area contributed by atoms with Crippen molar-refractivity contribution >= 4 is 33.4 Å². The topological polar surface area (TPSA) is 84.3 Å². The molecule has 8 heteroatoms. The van der Waals surface area contributed by atoms with Gasteiger partial charge in [-0.15, -0.1) is 11.3 Å². The van der Waals surface area contributed by atoms with Crippen molar-refractivity contribution in [3.8, 4) is 0 Å². The van der Waals surface area contributed by atoms with Gasteiger partial charge < -0.3 is 10.2 Å². The Morgan fingerprint density at radius 1 is 1.16 bits per heavy atom. The fourth-order valence-corrected chi connectivity index (χ4v) is 5.94. The lowest BCUT2D eigenvalue weighted by Gasteiger charge is -2.34. The minimum atomic E-state index is -0.247. The van der Waals surface area contributed by atoms with Gasteiger partial charge in [0.2, 0.25) is 5.91 Å². The number of rotatable bonds is 4. The molecule has 168 valence electrons. The fourth-order valence-electron chi connectivity index (χ4n) is 4.90. The van der Waals surface area contributed by atoms with Gasteiger partial charge in [-0.3, -0.25) is 19.0 Å². The zero-order valence-electron chi connectivity index (χ0n) is 18.6. The predicted molar refractivity (Wildman–Crippen MR) is 122 cm³/mol. The molecule has 2 amide bonds. The van der Waals surface area contributed by atoms with E-state index < -0.39 is 0 Å². The van der Waals surface area contributed by atoms with Gasteiger partial charge in [0, 0.05) is 19.1 Å². The molecule has 2 aliphatic rings. The van der Waals surface area contributed by atoms with Crippen LogP contribution in [0.15, 0.2) is 11.1 Å². The van der Waals surface area contributed by atoms with Crippen LogP contribution in [-0.2, 0) is 11.3 Å². The van der Waals surface area contributed by atoms with Gasteiger partial charge in [0.25, 0.3) is 11.5 Å². The largest absolute Gasteiger partial charge is 0.348 e. The van der Waals surface area contributed by atoms with Gasteiger partial charge >= 0.3 is 0 Å². The van der Waals surface area contributed by atoms with Crippen LogP contribution in [0.4, 0.5) is 0 Å². The van der Waals surface area contributed by atoms with Gasteiger partial charge in [0.1, 0.15) is 11.4 Å². The molecular formula is C23H32N4O3S. The summed E-state index contributed by atoms with van der Waals surface area (Å²) in [7, 11) is 0. The minimum absolute atomic E-state index is 0.00390. The van der Waals surface area contributed by atoms with E-state index in [9.17, 15) is 14.4 Å². The van der Waals surface area contributed by atoms with Crippen molar-refractivity contribution in [2.24, 2.45) is 11.8 Å². The first-order valence-electron chi connectivity index (χ1n) is 11.4. The Morgan fingerprint density at radius 2 is 1.90 bits per heavy atom. The molecule has 7 nitrogen and oxygen atoms in total. The van der Waals surface area contributed by atoms with Crippen LogP contribution in [0.5, 0.6) is 0 Å². The van der Waals surface area contributed by atoms with E-state index in [1.807, 2.05) is 4.90 Å². The number of fused-ring (bicyclic) bond motifs is 1. The van der Waals surface area contributed by atoms with Crippen molar-refractivity contribution in [3.63, 3.8) is 0 Å². The molecule has 1 saturated heterocycles. The molecule has 0 radical (unpaired) electrons. The molecule has 1 aliphatic heterocycles. The number of hydrogen-bond donors (Lipinski definition) is 1. The molecule has 0 spiro atoms. The van der Waals surface area contributed by atoms with Gasteiger partial charge in [-0.05, 0) is 50.0 Å². The third-order valence-corrected chi connectivity index (χ3v) is 8.36. The number of thiophene rings is 1. The highest BCUT2D eigenvalue weighted by atomic mass is 32.1. The molecular weight excluding hydrogens is 412 g/mol. The summed E-state index contributed by atoms with van der Waals surface area (Å²) in [5.74, 6) is 0.855. The molecule has 1 saturated carbocycles. The third kappa shape index (κ3) is 4.40. The van der Waals surface area contributed by atoms with Crippen molar-refractivity contribution in [1.29, 1.82) is 0 Å². The Bertz CT molecular complexity index is 1040. The summed E-state index contributed by atoms with van der Waals surface area (Å²) in [6, 6.07) is 0.160. The normalized spacial score (nSPS) is 24.4. The molecule has 3 heterocycles. The fraction of sp³-hybridized carbons (Fsp3) is 0.652. The molecule has 31 heavy (non-hydrogen) atoms. The van der Waals surface area contributed by atoms with E-state index in [-0.39, 0.29) is 30.0 Å². The summed E-state index contributed by atoms with van der Waals surface area (Å²) in [6.07, 6.45) is 7.93. The number of amides is 2. The molecule has 2 aromatic rings. The smallest absolute Gasteiger partial charge is 0.262 e. The standard InChI is InChI=1S/C23H32N4O3S/c1-14-8-7-9-17(15(14)2)25-21(29)20-16(3)19-22(31-20)24-13-27(23(19)30)12-18(28)26-10-5-4-6-11-26/h13-15,17H,4-12H2,1-3H3,(H,25,29). The van der Waals surface area contributed by atoms with Crippen LogP contribution in [-0.4, -0.2) is 45.4 Å². The average Bonchev–Trinajstić information content (AvgIpc) is 3.11. The SMILES string of the molecule is Cc1c(C(=O)NC2CCCC(C)C2C)sc2ncn(CC(=O)N3CCCCC3)c(=O)c12. The Morgan fingerprint density at radius 3 is 2.65 bits per heavy atom. The molecule has 3 atom stereocenters. The molecule has 2 aromatic heterocycles. The lowest BCUT2D eigenvalue weighted by atomic mass is 9.78. The Hall–Kier alpha value is -2.22. The van der Waals surface area contributed by atoms with Crippen molar-refractivity contribution in [2.45, 2.75) is 71.9 Å². The first kappa shape index (κ1) is 22.0. The van der Waals surface area contributed by atoms with Gasteiger partial charge in [0.15, 0.2) is 0 Å². The van der Waals surface area contributed by atoms with Crippen LogP contribution in [0, 0.1) is 18.8 Å². The number of carbonyl (C=O) groups excluding carboxylic acids is 2. The molecule has 0 aromatic carbocycles. The number of nitrogens with zero attached hydrogens (tertiary/aromatic N) is 3. The highest BCUT2D eigenvalue weighted by Gasteiger charge is 2.30. The highest BCUT2D eigenvalue weighted by Crippen LogP contribution is 2.31. The van der Waals surface area contributed by atoms with E-state index in [2.05, 4.69) is 24.1 Å². The second kappa shape index (κ2) is 9.10. The van der Waals surface area contributed by atoms with E-state index in [0.29, 0.717) is 32.5 Å². The Balaban J connectivity index is 1.56. The van der Waals surface area contributed by atoms with Crippen molar-refractivity contribution < 1.29 is 9.59 Å². The summed E-state index contributed by atoms with van der Waals surface area (Å²) in [5.41, 5.74) is 0.411. The number of hydrogen-bond acceptors (Lipinski definition) is 5. The van der Waals surface area contributed by atoms with Crippen molar-refractivity contribution in [2.75, 3.05) is 13.1 Å². The molecule has 2 fully saturated rings. The second-order valence-corrected chi connectivity index (χ2v) is 10.2. The summed E-state index contributed by atoms with van der Waals surface area (Å²) >= 11 is 1.26. The third-order valence-electron chi connectivity index (χ3n) is 7.16. The lowest BCUT2D eigenvalue weighted by Crippen LogP contribution is -2.43. The number of piperidine rings is 1. The summed E-state index contributed by atoms with van der Waals surface area (Å²) < 4.78 is 1.38. The van der Waals surface area contributed by atoms with Crippen LogP contribution in [0.3, 0.4) is 0 Å². The Kier molecular flexibility index (Phi) is 6.46.